The second-order valence-electron chi connectivity index (χ2n) is 5.79. The van der Waals surface area contributed by atoms with Gasteiger partial charge in [-0.1, -0.05) is 29.8 Å². The van der Waals surface area contributed by atoms with Crippen LogP contribution in [0.2, 0.25) is 5.02 Å². The molecule has 0 bridgehead atoms. The third-order valence-electron chi connectivity index (χ3n) is 4.13. The van der Waals surface area contributed by atoms with Gasteiger partial charge in [-0.2, -0.15) is 0 Å². The number of ether oxygens (including phenoxy) is 3. The van der Waals surface area contributed by atoms with Crippen molar-refractivity contribution in [2.24, 2.45) is 0 Å². The zero-order chi connectivity index (χ0) is 19.4. The van der Waals surface area contributed by atoms with Crippen LogP contribution in [0.15, 0.2) is 48.5 Å². The van der Waals surface area contributed by atoms with Crippen molar-refractivity contribution in [1.82, 2.24) is 4.57 Å². The molecule has 0 radical (unpaired) electrons. The van der Waals surface area contributed by atoms with Gasteiger partial charge in [-0.25, -0.2) is 9.59 Å². The fraction of sp³-hybridized carbons (Fsp3) is 0.200. The number of halogens is 1. The van der Waals surface area contributed by atoms with Crippen LogP contribution in [-0.2, 0) is 20.8 Å². The highest BCUT2D eigenvalue weighted by molar-refractivity contribution is 6.30. The molecule has 1 aromatic heterocycles. The summed E-state index contributed by atoms with van der Waals surface area (Å²) in [6, 6.07) is 14.5. The van der Waals surface area contributed by atoms with E-state index in [1.165, 1.54) is 14.2 Å². The molecule has 0 unspecified atom stereocenters. The number of carbonyl (C=O) groups is 2. The Morgan fingerprint density at radius 2 is 1.78 bits per heavy atom. The first-order valence-corrected chi connectivity index (χ1v) is 8.56. The minimum absolute atomic E-state index is 0.217. The van der Waals surface area contributed by atoms with E-state index in [1.807, 2.05) is 22.8 Å². The molecule has 0 aliphatic carbocycles. The molecule has 0 aliphatic rings. The molecule has 2 aromatic carbocycles. The van der Waals surface area contributed by atoms with Gasteiger partial charge in [0.2, 0.25) is 0 Å². The van der Waals surface area contributed by atoms with Crippen LogP contribution in [0.3, 0.4) is 0 Å². The van der Waals surface area contributed by atoms with Gasteiger partial charge >= 0.3 is 11.9 Å². The molecule has 3 rings (SSSR count). The van der Waals surface area contributed by atoms with Gasteiger partial charge < -0.3 is 18.8 Å². The van der Waals surface area contributed by atoms with Crippen LogP contribution < -0.4 is 4.74 Å². The van der Waals surface area contributed by atoms with E-state index >= 15 is 0 Å². The molecule has 6 nitrogen and oxygen atoms in total. The minimum atomic E-state index is -0.485. The summed E-state index contributed by atoms with van der Waals surface area (Å²) in [7, 11) is 2.63. The third-order valence-corrected chi connectivity index (χ3v) is 4.38. The average molecular weight is 388 g/mol. The highest BCUT2D eigenvalue weighted by atomic mass is 35.5. The lowest BCUT2D eigenvalue weighted by Gasteiger charge is -2.11. The zero-order valence-electron chi connectivity index (χ0n) is 14.9. The molecule has 0 N–H and O–H groups in total. The van der Waals surface area contributed by atoms with E-state index < -0.39 is 11.9 Å². The number of esters is 2. The monoisotopic (exact) mass is 387 g/mol. The molecule has 0 saturated heterocycles. The molecule has 27 heavy (non-hydrogen) atoms. The molecule has 0 aliphatic heterocycles. The minimum Gasteiger partial charge on any atom is -0.481 e. The summed E-state index contributed by atoms with van der Waals surface area (Å²) < 4.78 is 16.9. The molecular weight excluding hydrogens is 370 g/mol. The van der Waals surface area contributed by atoms with E-state index in [1.54, 1.807) is 30.3 Å². The summed E-state index contributed by atoms with van der Waals surface area (Å²) in [5.41, 5.74) is 2.15. The van der Waals surface area contributed by atoms with E-state index in [2.05, 4.69) is 4.74 Å². The highest BCUT2D eigenvalue weighted by Crippen LogP contribution is 2.30. The first-order valence-electron chi connectivity index (χ1n) is 8.18. The third kappa shape index (κ3) is 4.06. The maximum absolute atomic E-state index is 12.3. The SMILES string of the molecule is COC(=O)COc1cccc2c1cc(C(=O)OC)n2Cc1ccc(Cl)cc1. The maximum Gasteiger partial charge on any atom is 0.354 e. The van der Waals surface area contributed by atoms with Gasteiger partial charge in [0.1, 0.15) is 11.4 Å². The Hall–Kier alpha value is -2.99. The van der Waals surface area contributed by atoms with Gasteiger partial charge in [0.25, 0.3) is 0 Å². The Morgan fingerprint density at radius 3 is 2.44 bits per heavy atom. The predicted octanol–water partition coefficient (Wildman–Crippen LogP) is 3.68. The van der Waals surface area contributed by atoms with Gasteiger partial charge in [-0.15, -0.1) is 0 Å². The van der Waals surface area contributed by atoms with Crippen molar-refractivity contribution in [3.63, 3.8) is 0 Å². The normalized spacial score (nSPS) is 10.6. The molecule has 7 heteroatoms. The first-order chi connectivity index (χ1) is 13.0. The van der Waals surface area contributed by atoms with E-state index in [0.717, 1.165) is 11.1 Å². The molecule has 0 saturated carbocycles. The number of rotatable bonds is 6. The number of hydrogen-bond acceptors (Lipinski definition) is 5. The number of nitrogens with zero attached hydrogens (tertiary/aromatic N) is 1. The largest absolute Gasteiger partial charge is 0.481 e. The predicted molar refractivity (Wildman–Crippen MR) is 101 cm³/mol. The van der Waals surface area contributed by atoms with E-state index in [9.17, 15) is 9.59 Å². The molecule has 140 valence electrons. The first kappa shape index (κ1) is 18.8. The summed E-state index contributed by atoms with van der Waals surface area (Å²) in [5, 5.41) is 1.35. The maximum atomic E-state index is 12.3. The molecular formula is C20H18ClNO5. The lowest BCUT2D eigenvalue weighted by Crippen LogP contribution is -2.12. The van der Waals surface area contributed by atoms with Crippen LogP contribution in [0, 0.1) is 0 Å². The lowest BCUT2D eigenvalue weighted by molar-refractivity contribution is -0.142. The van der Waals surface area contributed by atoms with Crippen LogP contribution in [0.4, 0.5) is 0 Å². The van der Waals surface area contributed by atoms with Gasteiger partial charge in [0.05, 0.1) is 19.7 Å². The van der Waals surface area contributed by atoms with Crippen LogP contribution in [0.1, 0.15) is 16.1 Å². The van der Waals surface area contributed by atoms with Crippen LogP contribution >= 0.6 is 11.6 Å². The summed E-state index contributed by atoms with van der Waals surface area (Å²) >= 11 is 5.95. The number of hydrogen-bond donors (Lipinski definition) is 0. The van der Waals surface area contributed by atoms with E-state index in [-0.39, 0.29) is 6.61 Å². The van der Waals surface area contributed by atoms with E-state index in [0.29, 0.717) is 28.4 Å². The van der Waals surface area contributed by atoms with E-state index in [4.69, 9.17) is 21.1 Å². The second-order valence-corrected chi connectivity index (χ2v) is 6.22. The summed E-state index contributed by atoms with van der Waals surface area (Å²) in [4.78, 5) is 23.7. The van der Waals surface area contributed by atoms with Gasteiger partial charge in [-0.3, -0.25) is 0 Å². The average Bonchev–Trinajstić information content (AvgIpc) is 3.06. The van der Waals surface area contributed by atoms with Gasteiger partial charge in [-0.05, 0) is 35.9 Å². The Kier molecular flexibility index (Phi) is 5.66. The zero-order valence-corrected chi connectivity index (χ0v) is 15.7. The summed E-state index contributed by atoms with van der Waals surface area (Å²) in [6.07, 6.45) is 0. The second kappa shape index (κ2) is 8.14. The van der Waals surface area contributed by atoms with Gasteiger partial charge in [0, 0.05) is 17.0 Å². The summed E-state index contributed by atoms with van der Waals surface area (Å²) in [5.74, 6) is -0.460. The van der Waals surface area contributed by atoms with Crippen molar-refractivity contribution in [2.45, 2.75) is 6.54 Å². The molecule has 0 amide bonds. The molecule has 0 spiro atoms. The van der Waals surface area contributed by atoms with Crippen molar-refractivity contribution < 1.29 is 23.8 Å². The Labute approximate surface area is 161 Å². The summed E-state index contributed by atoms with van der Waals surface area (Å²) in [6.45, 7) is 0.233. The number of methoxy groups -OCH3 is 2. The van der Waals surface area contributed by atoms with Crippen molar-refractivity contribution in [3.8, 4) is 5.75 Å². The Balaban J connectivity index is 2.05. The quantitative estimate of drug-likeness (QED) is 0.603. The number of aromatic nitrogens is 1. The fourth-order valence-electron chi connectivity index (χ4n) is 2.80. The Bertz CT molecular complexity index is 978. The topological polar surface area (TPSA) is 66.8 Å². The molecule has 0 fully saturated rings. The van der Waals surface area contributed by atoms with Crippen LogP contribution in [0.25, 0.3) is 10.9 Å². The van der Waals surface area contributed by atoms with Gasteiger partial charge in [0.15, 0.2) is 6.61 Å². The standard InChI is InChI=1S/C20H18ClNO5/c1-25-19(23)12-27-18-5-3-4-16-15(18)10-17(20(24)26-2)22(16)11-13-6-8-14(21)9-7-13/h3-10H,11-12H2,1-2H3. The van der Waals surface area contributed by atoms with Crippen LogP contribution in [0.5, 0.6) is 5.75 Å². The number of fused-ring (bicyclic) bond motifs is 1. The highest BCUT2D eigenvalue weighted by Gasteiger charge is 2.19. The number of benzene rings is 2. The van der Waals surface area contributed by atoms with Crippen LogP contribution in [-0.4, -0.2) is 37.3 Å². The molecule has 0 atom stereocenters. The van der Waals surface area contributed by atoms with Crippen molar-refractivity contribution in [1.29, 1.82) is 0 Å². The Morgan fingerprint density at radius 1 is 1.04 bits per heavy atom. The number of carbonyl (C=O) groups excluding carboxylic acids is 2. The lowest BCUT2D eigenvalue weighted by atomic mass is 10.2. The smallest absolute Gasteiger partial charge is 0.354 e. The van der Waals surface area contributed by atoms with Crippen molar-refractivity contribution in [3.05, 3.63) is 64.8 Å². The van der Waals surface area contributed by atoms with Crippen molar-refractivity contribution >= 4 is 34.4 Å². The molecule has 1 heterocycles. The van der Waals surface area contributed by atoms with Crippen molar-refractivity contribution in [2.75, 3.05) is 20.8 Å². The molecule has 3 aromatic rings. The fourth-order valence-corrected chi connectivity index (χ4v) is 2.92.